The third kappa shape index (κ3) is 15.3. The third-order valence-electron chi connectivity index (χ3n) is 13.2. The highest BCUT2D eigenvalue weighted by Crippen LogP contribution is 2.58. The molecule has 0 aliphatic rings. The van der Waals surface area contributed by atoms with Crippen LogP contribution in [-0.4, -0.2) is 30.1 Å². The van der Waals surface area contributed by atoms with Crippen LogP contribution in [0.15, 0.2) is 292 Å². The molecule has 9 heteroatoms. The second-order valence-electron chi connectivity index (χ2n) is 19.4. The van der Waals surface area contributed by atoms with Gasteiger partial charge in [0.05, 0.1) is 11.0 Å². The van der Waals surface area contributed by atoms with Crippen LogP contribution in [0.3, 0.4) is 0 Å². The zero-order valence-electron chi connectivity index (χ0n) is 47.0. The van der Waals surface area contributed by atoms with Crippen molar-refractivity contribution in [3.63, 3.8) is 0 Å². The van der Waals surface area contributed by atoms with Crippen molar-refractivity contribution in [2.75, 3.05) is 15.5 Å². The predicted molar refractivity (Wildman–Crippen MR) is 347 cm³/mol. The molecule has 0 bridgehead atoms. The molecule has 9 nitrogen and oxygen atoms in total. The number of nitrogens with one attached hydrogen (secondary N) is 2. The summed E-state index contributed by atoms with van der Waals surface area (Å²) in [6.45, 7) is 11.8. The van der Waals surface area contributed by atoms with Crippen molar-refractivity contribution in [1.82, 2.24) is 4.57 Å². The number of fused-ring (bicyclic) bond motifs is 3. The van der Waals surface area contributed by atoms with E-state index >= 15 is 0 Å². The van der Waals surface area contributed by atoms with Gasteiger partial charge in [-0.25, -0.2) is 0 Å². The van der Waals surface area contributed by atoms with E-state index in [0.717, 1.165) is 22.7 Å². The highest BCUT2D eigenvalue weighted by atomic mass is 16.4. The van der Waals surface area contributed by atoms with Crippen molar-refractivity contribution in [2.24, 2.45) is 0 Å². The molecule has 0 atom stereocenters. The Labute approximate surface area is 486 Å². The van der Waals surface area contributed by atoms with Crippen LogP contribution in [0.25, 0.3) is 38.6 Å². The topological polar surface area (TPSA) is 133 Å². The normalized spacial score (nSPS) is 10.4. The van der Waals surface area contributed by atoms with E-state index in [1.165, 1.54) is 60.2 Å². The number of hydrogen-bond donors (Lipinski definition) is 7. The summed E-state index contributed by atoms with van der Waals surface area (Å²) in [6, 6.07) is 88.9. The lowest BCUT2D eigenvalue weighted by molar-refractivity contribution is 0.329. The maximum atomic E-state index is 10.5. The van der Waals surface area contributed by atoms with Crippen LogP contribution in [0.5, 0.6) is 28.7 Å². The van der Waals surface area contributed by atoms with Crippen molar-refractivity contribution < 1.29 is 25.5 Å². The first-order valence-electron chi connectivity index (χ1n) is 27.2. The van der Waals surface area contributed by atoms with Gasteiger partial charge in [-0.2, -0.15) is 0 Å². The van der Waals surface area contributed by atoms with Gasteiger partial charge in [0.15, 0.2) is 11.5 Å². The molecular formula is C74H68N4O5. The minimum atomic E-state index is -1.01. The van der Waals surface area contributed by atoms with Crippen LogP contribution < -0.4 is 15.5 Å². The molecule has 83 heavy (non-hydrogen) atoms. The highest BCUT2D eigenvalue weighted by Gasteiger charge is 2.29. The molecule has 0 unspecified atom stereocenters. The highest BCUT2D eigenvalue weighted by molar-refractivity contribution is 6.09. The van der Waals surface area contributed by atoms with Gasteiger partial charge >= 0.3 is 0 Å². The summed E-state index contributed by atoms with van der Waals surface area (Å²) in [5.41, 5.74) is 14.7. The van der Waals surface area contributed by atoms with Gasteiger partial charge in [0.1, 0.15) is 5.69 Å². The second kappa shape index (κ2) is 28.8. The number of nitrogens with zero attached hydrogens (tertiary/aromatic N) is 2. The number of phenols is 5. The first-order valence-corrected chi connectivity index (χ1v) is 27.2. The summed E-state index contributed by atoms with van der Waals surface area (Å²) in [5, 5.41) is 60.3. The largest absolute Gasteiger partial charge is 0.503 e. The summed E-state index contributed by atoms with van der Waals surface area (Å²) in [5.74, 6) is -4.45. The van der Waals surface area contributed by atoms with Gasteiger partial charge in [-0.15, -0.1) is 0 Å². The lowest BCUT2D eigenvalue weighted by atomic mass is 10.1. The van der Waals surface area contributed by atoms with Crippen molar-refractivity contribution in [3.05, 3.63) is 308 Å². The summed E-state index contributed by atoms with van der Waals surface area (Å²) in [6.07, 6.45) is 5.58. The molecule has 0 spiro atoms. The van der Waals surface area contributed by atoms with E-state index in [4.69, 9.17) is 0 Å². The van der Waals surface area contributed by atoms with Crippen molar-refractivity contribution >= 4 is 61.6 Å². The molecule has 11 aromatic carbocycles. The Kier molecular flexibility index (Phi) is 20.2. The van der Waals surface area contributed by atoms with E-state index < -0.39 is 28.7 Å². The average molecular weight is 1090 g/mol. The van der Waals surface area contributed by atoms with Gasteiger partial charge in [0, 0.05) is 50.6 Å². The fourth-order valence-electron chi connectivity index (χ4n) is 9.15. The summed E-state index contributed by atoms with van der Waals surface area (Å²) < 4.78 is 2.34. The number of aryl methyl sites for hydroxylation is 3. The molecule has 0 saturated heterocycles. The van der Waals surface area contributed by atoms with Crippen molar-refractivity contribution in [2.45, 2.75) is 27.7 Å². The maximum absolute atomic E-state index is 10.5. The molecule has 7 N–H and O–H groups in total. The lowest BCUT2D eigenvalue weighted by Crippen LogP contribution is -2.11. The van der Waals surface area contributed by atoms with E-state index in [0.29, 0.717) is 11.4 Å². The van der Waals surface area contributed by atoms with Gasteiger partial charge in [-0.3, -0.25) is 0 Å². The Morgan fingerprint density at radius 2 is 0.819 bits per heavy atom. The van der Waals surface area contributed by atoms with Crippen LogP contribution in [0.1, 0.15) is 23.6 Å². The molecule has 0 radical (unpaired) electrons. The molecule has 0 saturated carbocycles. The first kappa shape index (κ1) is 58.3. The zero-order valence-corrected chi connectivity index (χ0v) is 47.0. The molecule has 1 aromatic heterocycles. The van der Waals surface area contributed by atoms with Gasteiger partial charge in [-0.05, 0) is 141 Å². The van der Waals surface area contributed by atoms with E-state index in [2.05, 4.69) is 200 Å². The third-order valence-corrected chi connectivity index (χ3v) is 13.2. The SMILES string of the molecule is C=C/C=C\C.Cc1ccc2c3ccccc3n(-c3ccccc3)c2c1.Cc1cccc(Nc2ccc(-c3ccccc3)cc2)c1.Cc1ccccc1.Oc1c(O)c(O)c(N(c2ccccc2)c2cccc(Nc3ccccc3)c2)c(O)c1O. The maximum Gasteiger partial charge on any atom is 0.208 e. The Balaban J connectivity index is 0.000000151. The first-order chi connectivity index (χ1) is 40.4. The predicted octanol–water partition coefficient (Wildman–Crippen LogP) is 19.7. The van der Waals surface area contributed by atoms with Crippen LogP contribution in [-0.2, 0) is 0 Å². The van der Waals surface area contributed by atoms with Gasteiger partial charge in [0.25, 0.3) is 0 Å². The number of phenolic OH excluding ortho intramolecular Hbond substituents is 5. The Morgan fingerprint density at radius 1 is 0.373 bits per heavy atom. The quantitative estimate of drug-likeness (QED) is 0.0409. The van der Waals surface area contributed by atoms with Crippen LogP contribution in [0.2, 0.25) is 0 Å². The molecule has 0 amide bonds. The summed E-state index contributed by atoms with van der Waals surface area (Å²) in [4.78, 5) is 1.46. The van der Waals surface area contributed by atoms with Gasteiger partial charge < -0.3 is 45.6 Å². The number of aromatic hydroxyl groups is 5. The van der Waals surface area contributed by atoms with Crippen LogP contribution in [0.4, 0.5) is 39.8 Å². The Hall–Kier alpha value is -10.9. The minimum absolute atomic E-state index is 0.282. The van der Waals surface area contributed by atoms with E-state index in [9.17, 15) is 25.5 Å². The van der Waals surface area contributed by atoms with Crippen molar-refractivity contribution in [3.8, 4) is 45.6 Å². The number of aromatic nitrogens is 1. The van der Waals surface area contributed by atoms with Crippen LogP contribution >= 0.6 is 0 Å². The molecule has 12 aromatic rings. The number of para-hydroxylation sites is 4. The second-order valence-corrected chi connectivity index (χ2v) is 19.4. The molecule has 12 rings (SSSR count). The molecule has 0 aliphatic heterocycles. The van der Waals surface area contributed by atoms with E-state index in [1.54, 1.807) is 54.6 Å². The van der Waals surface area contributed by atoms with Crippen LogP contribution in [0, 0.1) is 20.8 Å². The summed E-state index contributed by atoms with van der Waals surface area (Å²) in [7, 11) is 0. The number of benzene rings is 11. The van der Waals surface area contributed by atoms with Gasteiger partial charge in [0.2, 0.25) is 17.2 Å². The minimum Gasteiger partial charge on any atom is -0.503 e. The monoisotopic (exact) mass is 1090 g/mol. The van der Waals surface area contributed by atoms with E-state index in [1.807, 2.05) is 79.7 Å². The standard InChI is InChI=1S/C24H20N2O5.C19H15N.C19H17N.C7H8.C5H8/c27-20-19(21(28)23(30)24(31)22(20)29)26(17-11-5-2-6-12-17)18-13-7-10-16(14-18)25-15-8-3-1-4-9-15;1-14-11-12-17-16-9-5-6-10-18(16)20(19(17)13-14)15-7-3-2-4-8-15;1-15-6-5-9-19(14-15)20-18-12-10-17(11-13-18)16-7-3-2-4-8-16;1-7-5-3-2-4-6-7;1-3-5-4-2/h1-14,25,27-31H;2-13H,1H3;2-14,20H,1H3;2-6H,1H3;3-5H,1H2,2H3/b;;;;5-4-. The molecule has 0 fully saturated rings. The Morgan fingerprint density at radius 3 is 1.39 bits per heavy atom. The molecule has 414 valence electrons. The zero-order chi connectivity index (χ0) is 58.5. The number of hydrogen-bond acceptors (Lipinski definition) is 8. The smallest absolute Gasteiger partial charge is 0.208 e. The van der Waals surface area contributed by atoms with Crippen molar-refractivity contribution in [1.29, 1.82) is 0 Å². The number of allylic oxidation sites excluding steroid dienone is 3. The number of rotatable bonds is 10. The average Bonchev–Trinajstić information content (AvgIpc) is 4.14. The Bertz CT molecular complexity index is 3990. The molecule has 0 aliphatic carbocycles. The number of anilines is 7. The molecular weight excluding hydrogens is 1020 g/mol. The van der Waals surface area contributed by atoms with E-state index in [-0.39, 0.29) is 5.69 Å². The summed E-state index contributed by atoms with van der Waals surface area (Å²) >= 11 is 0. The fourth-order valence-corrected chi connectivity index (χ4v) is 9.15. The van der Waals surface area contributed by atoms with Gasteiger partial charge in [-0.1, -0.05) is 206 Å². The lowest BCUT2D eigenvalue weighted by Gasteiger charge is -2.28. The molecule has 1 heterocycles. The fraction of sp³-hybridized carbons (Fsp3) is 0.0541.